The van der Waals surface area contributed by atoms with Gasteiger partial charge in [0.25, 0.3) is 5.91 Å². The molecule has 0 saturated carbocycles. The van der Waals surface area contributed by atoms with E-state index in [1.165, 1.54) is 0 Å². The van der Waals surface area contributed by atoms with Gasteiger partial charge in [-0.15, -0.1) is 0 Å². The summed E-state index contributed by atoms with van der Waals surface area (Å²) in [5.41, 5.74) is 1.49. The van der Waals surface area contributed by atoms with Gasteiger partial charge >= 0.3 is 0 Å². The molecule has 1 atom stereocenters. The van der Waals surface area contributed by atoms with Crippen molar-refractivity contribution in [3.8, 4) is 6.07 Å². The third kappa shape index (κ3) is 4.70. The van der Waals surface area contributed by atoms with Crippen LogP contribution in [0.4, 0.5) is 0 Å². The first-order valence-corrected chi connectivity index (χ1v) is 8.58. The second kappa shape index (κ2) is 9.52. The molecule has 0 saturated heterocycles. The highest BCUT2D eigenvalue weighted by Crippen LogP contribution is 2.23. The summed E-state index contributed by atoms with van der Waals surface area (Å²) in [7, 11) is 0. The number of benzene rings is 2. The zero-order chi connectivity index (χ0) is 17.2. The second-order valence-corrected chi connectivity index (χ2v) is 5.87. The summed E-state index contributed by atoms with van der Waals surface area (Å²) in [6.07, 6.45) is 4.28. The molecule has 0 aliphatic carbocycles. The van der Waals surface area contributed by atoms with Crippen molar-refractivity contribution >= 4 is 5.91 Å². The van der Waals surface area contributed by atoms with E-state index in [1.54, 1.807) is 17.0 Å². The molecule has 0 radical (unpaired) electrons. The number of nitrogens with zero attached hydrogens (tertiary/aromatic N) is 2. The fraction of sp³-hybridized carbons (Fsp3) is 0.333. The Labute approximate surface area is 144 Å². The van der Waals surface area contributed by atoms with Crippen molar-refractivity contribution in [2.24, 2.45) is 0 Å². The number of hydrogen-bond acceptors (Lipinski definition) is 2. The standard InChI is InChI=1S/C21H24N2O/c1-2-3-4-11-16-23(21(24)19-14-9-6-10-15-19)20(17-22)18-12-7-5-8-13-18/h5-10,12-15,20H,2-4,11,16H2,1H3/t20-/m1/s1. The van der Waals surface area contributed by atoms with Crippen molar-refractivity contribution in [2.75, 3.05) is 6.54 Å². The van der Waals surface area contributed by atoms with Crippen LogP contribution in [0.25, 0.3) is 0 Å². The van der Waals surface area contributed by atoms with Crippen LogP contribution in [0.1, 0.15) is 54.6 Å². The van der Waals surface area contributed by atoms with E-state index in [1.807, 2.05) is 48.5 Å². The van der Waals surface area contributed by atoms with E-state index in [0.717, 1.165) is 31.2 Å². The minimum Gasteiger partial charge on any atom is -0.319 e. The maximum Gasteiger partial charge on any atom is 0.255 e. The second-order valence-electron chi connectivity index (χ2n) is 5.87. The molecule has 0 aromatic heterocycles. The summed E-state index contributed by atoms with van der Waals surface area (Å²) in [6, 6.07) is 20.5. The molecule has 0 fully saturated rings. The number of carbonyl (C=O) groups excluding carboxylic acids is 1. The quantitative estimate of drug-likeness (QED) is 0.644. The van der Waals surface area contributed by atoms with Crippen LogP contribution in [0, 0.1) is 11.3 Å². The lowest BCUT2D eigenvalue weighted by Gasteiger charge is -2.28. The highest BCUT2D eigenvalue weighted by atomic mass is 16.2. The predicted octanol–water partition coefficient (Wildman–Crippen LogP) is 4.97. The average molecular weight is 320 g/mol. The van der Waals surface area contributed by atoms with Crippen molar-refractivity contribution in [3.63, 3.8) is 0 Å². The Morgan fingerprint density at radius 2 is 1.62 bits per heavy atom. The van der Waals surface area contributed by atoms with E-state index in [0.29, 0.717) is 12.1 Å². The van der Waals surface area contributed by atoms with E-state index in [4.69, 9.17) is 0 Å². The van der Waals surface area contributed by atoms with Crippen molar-refractivity contribution in [2.45, 2.75) is 38.6 Å². The lowest BCUT2D eigenvalue weighted by atomic mass is 10.0. The van der Waals surface area contributed by atoms with Crippen molar-refractivity contribution in [1.82, 2.24) is 4.90 Å². The largest absolute Gasteiger partial charge is 0.319 e. The molecule has 0 N–H and O–H groups in total. The summed E-state index contributed by atoms with van der Waals surface area (Å²) in [6.45, 7) is 2.76. The number of rotatable bonds is 8. The minimum absolute atomic E-state index is 0.0810. The number of unbranched alkanes of at least 4 members (excludes halogenated alkanes) is 3. The molecular formula is C21H24N2O. The van der Waals surface area contributed by atoms with Crippen LogP contribution in [-0.4, -0.2) is 17.4 Å². The lowest BCUT2D eigenvalue weighted by molar-refractivity contribution is 0.0713. The van der Waals surface area contributed by atoms with Crippen LogP contribution < -0.4 is 0 Å². The molecule has 2 rings (SSSR count). The molecule has 0 aliphatic rings. The van der Waals surface area contributed by atoms with Gasteiger partial charge in [0.2, 0.25) is 0 Å². The molecule has 24 heavy (non-hydrogen) atoms. The summed E-state index contributed by atoms with van der Waals surface area (Å²) >= 11 is 0. The zero-order valence-electron chi connectivity index (χ0n) is 14.2. The van der Waals surface area contributed by atoms with E-state index in [2.05, 4.69) is 13.0 Å². The summed E-state index contributed by atoms with van der Waals surface area (Å²) in [5.74, 6) is -0.0810. The zero-order valence-corrected chi connectivity index (χ0v) is 14.2. The van der Waals surface area contributed by atoms with Crippen LogP contribution in [0.15, 0.2) is 60.7 Å². The highest BCUT2D eigenvalue weighted by molar-refractivity contribution is 5.94. The molecule has 0 aliphatic heterocycles. The van der Waals surface area contributed by atoms with E-state index in [9.17, 15) is 10.1 Å². The molecule has 0 heterocycles. The third-order valence-electron chi connectivity index (χ3n) is 4.08. The van der Waals surface area contributed by atoms with Crippen LogP contribution >= 0.6 is 0 Å². The Morgan fingerprint density at radius 3 is 2.21 bits per heavy atom. The molecule has 2 aromatic rings. The number of carbonyl (C=O) groups is 1. The highest BCUT2D eigenvalue weighted by Gasteiger charge is 2.25. The monoisotopic (exact) mass is 320 g/mol. The molecule has 3 nitrogen and oxygen atoms in total. The Kier molecular flexibility index (Phi) is 7.04. The van der Waals surface area contributed by atoms with Gasteiger partial charge in [0.1, 0.15) is 6.04 Å². The number of amides is 1. The SMILES string of the molecule is CCCCCCN(C(=O)c1ccccc1)[C@H](C#N)c1ccccc1. The Hall–Kier alpha value is -2.60. The topological polar surface area (TPSA) is 44.1 Å². The van der Waals surface area contributed by atoms with Crippen molar-refractivity contribution < 1.29 is 4.79 Å². The lowest BCUT2D eigenvalue weighted by Crippen LogP contribution is -2.35. The molecule has 124 valence electrons. The molecule has 0 unspecified atom stereocenters. The van der Waals surface area contributed by atoms with Gasteiger partial charge in [-0.2, -0.15) is 5.26 Å². The van der Waals surface area contributed by atoms with E-state index in [-0.39, 0.29) is 5.91 Å². The van der Waals surface area contributed by atoms with Gasteiger partial charge in [-0.05, 0) is 24.1 Å². The van der Waals surface area contributed by atoms with E-state index < -0.39 is 6.04 Å². The maximum atomic E-state index is 13.0. The summed E-state index contributed by atoms with van der Waals surface area (Å²) in [4.78, 5) is 14.7. The van der Waals surface area contributed by atoms with Crippen LogP contribution in [0.2, 0.25) is 0 Å². The Bertz CT molecular complexity index is 661. The molecule has 0 bridgehead atoms. The molecule has 1 amide bonds. The van der Waals surface area contributed by atoms with Crippen LogP contribution in [0.3, 0.4) is 0 Å². The van der Waals surface area contributed by atoms with Gasteiger partial charge in [-0.1, -0.05) is 74.7 Å². The van der Waals surface area contributed by atoms with Gasteiger partial charge in [0.15, 0.2) is 0 Å². The molecule has 3 heteroatoms. The van der Waals surface area contributed by atoms with Gasteiger partial charge < -0.3 is 4.90 Å². The average Bonchev–Trinajstić information content (AvgIpc) is 2.65. The van der Waals surface area contributed by atoms with Crippen LogP contribution in [0.5, 0.6) is 0 Å². The predicted molar refractivity (Wildman–Crippen MR) is 96.4 cm³/mol. The summed E-state index contributed by atoms with van der Waals surface area (Å²) in [5, 5.41) is 9.70. The first kappa shape index (κ1) is 17.7. The first-order chi connectivity index (χ1) is 11.8. The van der Waals surface area contributed by atoms with Crippen LogP contribution in [-0.2, 0) is 0 Å². The number of nitriles is 1. The van der Waals surface area contributed by atoms with Gasteiger partial charge in [0, 0.05) is 12.1 Å². The third-order valence-corrected chi connectivity index (χ3v) is 4.08. The fourth-order valence-electron chi connectivity index (χ4n) is 2.76. The number of hydrogen-bond donors (Lipinski definition) is 0. The van der Waals surface area contributed by atoms with Gasteiger partial charge in [-0.25, -0.2) is 0 Å². The molecule has 2 aromatic carbocycles. The smallest absolute Gasteiger partial charge is 0.255 e. The van der Waals surface area contributed by atoms with Gasteiger partial charge in [-0.3, -0.25) is 4.79 Å². The van der Waals surface area contributed by atoms with E-state index >= 15 is 0 Å². The summed E-state index contributed by atoms with van der Waals surface area (Å²) < 4.78 is 0. The van der Waals surface area contributed by atoms with Crippen molar-refractivity contribution in [1.29, 1.82) is 5.26 Å². The Balaban J connectivity index is 2.24. The molecule has 0 spiro atoms. The minimum atomic E-state index is -0.555. The molecular weight excluding hydrogens is 296 g/mol. The fourth-order valence-corrected chi connectivity index (χ4v) is 2.76. The van der Waals surface area contributed by atoms with Gasteiger partial charge in [0.05, 0.1) is 6.07 Å². The normalized spacial score (nSPS) is 11.5. The van der Waals surface area contributed by atoms with Crippen molar-refractivity contribution in [3.05, 3.63) is 71.8 Å². The Morgan fingerprint density at radius 1 is 1.00 bits per heavy atom. The maximum absolute atomic E-state index is 13.0. The first-order valence-electron chi connectivity index (χ1n) is 8.58.